The summed E-state index contributed by atoms with van der Waals surface area (Å²) >= 11 is 0. The third-order valence-electron chi connectivity index (χ3n) is 7.51. The maximum Gasteiger partial charge on any atom is 0.309 e. The van der Waals surface area contributed by atoms with Crippen LogP contribution in [0.3, 0.4) is 0 Å². The molecule has 0 spiro atoms. The molecule has 2 amide bonds. The molecular formula is C31H37FN2O5. The lowest BCUT2D eigenvalue weighted by Crippen LogP contribution is -2.45. The molecular weight excluding hydrogens is 499 g/mol. The van der Waals surface area contributed by atoms with Crippen LogP contribution >= 0.6 is 0 Å². The van der Waals surface area contributed by atoms with E-state index in [1.807, 2.05) is 42.5 Å². The van der Waals surface area contributed by atoms with Gasteiger partial charge in [-0.25, -0.2) is 4.39 Å². The van der Waals surface area contributed by atoms with E-state index in [1.165, 1.54) is 12.1 Å². The number of esters is 1. The molecule has 1 saturated heterocycles. The molecule has 1 fully saturated rings. The number of hydrogen-bond donors (Lipinski definition) is 2. The maximum atomic E-state index is 13.5. The molecule has 0 bridgehead atoms. The zero-order valence-corrected chi connectivity index (χ0v) is 22.1. The summed E-state index contributed by atoms with van der Waals surface area (Å²) in [7, 11) is 0. The quantitative estimate of drug-likeness (QED) is 0.397. The van der Waals surface area contributed by atoms with Crippen molar-refractivity contribution in [1.82, 2.24) is 10.2 Å². The molecule has 0 aromatic heterocycles. The van der Waals surface area contributed by atoms with Gasteiger partial charge in [0.2, 0.25) is 11.8 Å². The summed E-state index contributed by atoms with van der Waals surface area (Å²) in [5, 5.41) is 12.7. The van der Waals surface area contributed by atoms with Crippen LogP contribution in [-0.4, -0.2) is 59.6 Å². The highest BCUT2D eigenvalue weighted by Crippen LogP contribution is 2.25. The Labute approximate surface area is 229 Å². The Morgan fingerprint density at radius 2 is 1.74 bits per heavy atom. The van der Waals surface area contributed by atoms with E-state index in [1.54, 1.807) is 17.0 Å². The fourth-order valence-corrected chi connectivity index (χ4v) is 5.36. The number of amides is 2. The number of fused-ring (bicyclic) bond motifs is 1. The number of nitrogens with zero attached hydrogens (tertiary/aromatic N) is 1. The third-order valence-corrected chi connectivity index (χ3v) is 7.51. The van der Waals surface area contributed by atoms with Crippen LogP contribution in [0.25, 0.3) is 0 Å². The number of aliphatic hydroxyl groups excluding tert-OH is 1. The van der Waals surface area contributed by atoms with Gasteiger partial charge in [0.05, 0.1) is 30.5 Å². The second kappa shape index (κ2) is 14.0. The smallest absolute Gasteiger partial charge is 0.309 e. The Balaban J connectivity index is 1.44. The molecule has 4 atom stereocenters. The molecule has 0 radical (unpaired) electrons. The number of aliphatic hydroxyl groups is 1. The number of carbonyl (C=O) groups is 3. The van der Waals surface area contributed by atoms with Crippen molar-refractivity contribution in [3.05, 3.63) is 83.7 Å². The minimum Gasteiger partial charge on any atom is -0.463 e. The fraction of sp³-hybridized carbons (Fsp3) is 0.452. The molecule has 2 aliphatic rings. The molecule has 2 aliphatic heterocycles. The summed E-state index contributed by atoms with van der Waals surface area (Å²) in [5.74, 6) is -2.02. The van der Waals surface area contributed by atoms with Crippen molar-refractivity contribution < 1.29 is 28.6 Å². The van der Waals surface area contributed by atoms with E-state index in [4.69, 9.17) is 4.74 Å². The fourth-order valence-electron chi connectivity index (χ4n) is 5.36. The highest BCUT2D eigenvalue weighted by atomic mass is 19.1. The first-order valence-corrected chi connectivity index (χ1v) is 13.7. The van der Waals surface area contributed by atoms with Crippen LogP contribution in [0.4, 0.5) is 4.39 Å². The summed E-state index contributed by atoms with van der Waals surface area (Å²) in [6.07, 6.45) is 6.99. The van der Waals surface area contributed by atoms with Gasteiger partial charge in [0, 0.05) is 13.0 Å². The second-order valence-electron chi connectivity index (χ2n) is 10.5. The molecule has 208 valence electrons. The second-order valence-corrected chi connectivity index (χ2v) is 10.5. The van der Waals surface area contributed by atoms with Crippen molar-refractivity contribution in [2.75, 3.05) is 19.8 Å². The molecule has 7 nitrogen and oxygen atoms in total. The van der Waals surface area contributed by atoms with Crippen molar-refractivity contribution in [3.63, 3.8) is 0 Å². The third kappa shape index (κ3) is 8.23. The SMILES string of the molecule is O=C(C[C@H]1C/C=C/C[C@H](Cc2ccc(F)cc2)C(=O)OC[C@@H]2CCCN2C1=O)N[C@H](CO)Cc1ccccc1. The van der Waals surface area contributed by atoms with Crippen LogP contribution in [-0.2, 0) is 32.0 Å². The van der Waals surface area contributed by atoms with E-state index in [-0.39, 0.29) is 49.3 Å². The number of rotatable bonds is 8. The molecule has 2 aromatic rings. The zero-order chi connectivity index (χ0) is 27.6. The van der Waals surface area contributed by atoms with Gasteiger partial charge in [0.1, 0.15) is 12.4 Å². The minimum absolute atomic E-state index is 0.0104. The maximum absolute atomic E-state index is 13.5. The van der Waals surface area contributed by atoms with Crippen molar-refractivity contribution >= 4 is 17.8 Å². The summed E-state index contributed by atoms with van der Waals surface area (Å²) < 4.78 is 19.0. The lowest BCUT2D eigenvalue weighted by atomic mass is 9.94. The first-order chi connectivity index (χ1) is 18.9. The van der Waals surface area contributed by atoms with Crippen molar-refractivity contribution in [3.8, 4) is 0 Å². The number of nitrogens with one attached hydrogen (secondary N) is 1. The number of ether oxygens (including phenoxy) is 1. The van der Waals surface area contributed by atoms with Crippen molar-refractivity contribution in [2.24, 2.45) is 11.8 Å². The Morgan fingerprint density at radius 3 is 2.46 bits per heavy atom. The van der Waals surface area contributed by atoms with Gasteiger partial charge in [0.25, 0.3) is 0 Å². The number of benzene rings is 2. The van der Waals surface area contributed by atoms with E-state index < -0.39 is 17.9 Å². The van der Waals surface area contributed by atoms with Crippen LogP contribution in [0.15, 0.2) is 66.7 Å². The summed E-state index contributed by atoms with van der Waals surface area (Å²) in [4.78, 5) is 41.2. The number of cyclic esters (lactones) is 1. The summed E-state index contributed by atoms with van der Waals surface area (Å²) in [6.45, 7) is 0.486. The largest absolute Gasteiger partial charge is 0.463 e. The Kier molecular flexibility index (Phi) is 10.3. The number of carbonyl (C=O) groups excluding carboxylic acids is 3. The molecule has 2 aromatic carbocycles. The Morgan fingerprint density at radius 1 is 1.03 bits per heavy atom. The monoisotopic (exact) mass is 536 g/mol. The van der Waals surface area contributed by atoms with E-state index in [0.717, 1.165) is 24.0 Å². The molecule has 0 aliphatic carbocycles. The highest BCUT2D eigenvalue weighted by molar-refractivity contribution is 5.86. The highest BCUT2D eigenvalue weighted by Gasteiger charge is 2.35. The van der Waals surface area contributed by atoms with Gasteiger partial charge in [-0.1, -0.05) is 54.6 Å². The molecule has 0 unspecified atom stereocenters. The van der Waals surface area contributed by atoms with Crippen LogP contribution < -0.4 is 5.32 Å². The van der Waals surface area contributed by atoms with Gasteiger partial charge in [0.15, 0.2) is 0 Å². The van der Waals surface area contributed by atoms with Gasteiger partial charge in [-0.2, -0.15) is 0 Å². The van der Waals surface area contributed by atoms with Crippen molar-refractivity contribution in [1.29, 1.82) is 0 Å². The zero-order valence-electron chi connectivity index (χ0n) is 22.1. The number of hydrogen-bond acceptors (Lipinski definition) is 5. The topological polar surface area (TPSA) is 95.9 Å². The van der Waals surface area contributed by atoms with Gasteiger partial charge < -0.3 is 20.1 Å². The summed E-state index contributed by atoms with van der Waals surface area (Å²) in [5.41, 5.74) is 1.85. The van der Waals surface area contributed by atoms with Gasteiger partial charge in [-0.05, 0) is 61.8 Å². The lowest BCUT2D eigenvalue weighted by molar-refractivity contribution is -0.152. The molecule has 0 saturated carbocycles. The van der Waals surface area contributed by atoms with E-state index in [0.29, 0.717) is 32.2 Å². The normalized spacial score (nSPS) is 23.6. The van der Waals surface area contributed by atoms with Gasteiger partial charge >= 0.3 is 5.97 Å². The standard InChI is InChI=1S/C31H37FN2O5/c32-26-14-12-23(13-15-26)17-25-10-5-4-9-24(30(37)34-16-6-11-28(34)21-39-31(25)38)19-29(36)33-27(20-35)18-22-7-2-1-3-8-22/h1-5,7-8,12-15,24-25,27-28,35H,6,9-11,16-21H2,(H,33,36)/b5-4+/t24-,25-,27+,28+/m1/s1. The number of halogens is 1. The number of allylic oxidation sites excluding steroid dienone is 2. The van der Waals surface area contributed by atoms with Gasteiger partial charge in [-0.3, -0.25) is 14.4 Å². The van der Waals surface area contributed by atoms with Crippen molar-refractivity contribution in [2.45, 2.75) is 57.0 Å². The Bertz CT molecular complexity index is 1140. The van der Waals surface area contributed by atoms with Crippen LogP contribution in [0.1, 0.15) is 43.2 Å². The van der Waals surface area contributed by atoms with Gasteiger partial charge in [-0.15, -0.1) is 0 Å². The average Bonchev–Trinajstić information content (AvgIpc) is 3.41. The first-order valence-electron chi connectivity index (χ1n) is 13.7. The van der Waals surface area contributed by atoms with E-state index >= 15 is 0 Å². The molecule has 4 rings (SSSR count). The van der Waals surface area contributed by atoms with E-state index in [9.17, 15) is 23.9 Å². The summed E-state index contributed by atoms with van der Waals surface area (Å²) in [6, 6.07) is 15.1. The van der Waals surface area contributed by atoms with Crippen LogP contribution in [0.5, 0.6) is 0 Å². The molecule has 2 N–H and O–H groups in total. The predicted molar refractivity (Wildman–Crippen MR) is 145 cm³/mol. The minimum atomic E-state index is -0.552. The van der Waals surface area contributed by atoms with Crippen LogP contribution in [0.2, 0.25) is 0 Å². The average molecular weight is 537 g/mol. The predicted octanol–water partition coefficient (Wildman–Crippen LogP) is 3.59. The molecule has 8 heteroatoms. The Hall–Kier alpha value is -3.52. The lowest BCUT2D eigenvalue weighted by Gasteiger charge is -2.29. The van der Waals surface area contributed by atoms with E-state index in [2.05, 4.69) is 5.32 Å². The van der Waals surface area contributed by atoms with Crippen LogP contribution in [0, 0.1) is 17.7 Å². The molecule has 39 heavy (non-hydrogen) atoms. The molecule has 2 heterocycles. The first kappa shape index (κ1) is 28.5.